The quantitative estimate of drug-likeness (QED) is 0.526. The van der Waals surface area contributed by atoms with Crippen molar-refractivity contribution in [1.29, 1.82) is 0 Å². The Morgan fingerprint density at radius 2 is 1.69 bits per heavy atom. The number of nitro benzene ring substituents is 1. The standard InChI is InChI=1S/C16H17ClFN3O4S/c1-19(10-12-6-3-4-9-16(12)21(22)23)26(24,25)20(2)11-13-14(17)7-5-8-15(13)18/h3-9H,10-11H2,1-2H3. The van der Waals surface area contributed by atoms with E-state index in [1.165, 1.54) is 50.5 Å². The lowest BCUT2D eigenvalue weighted by Crippen LogP contribution is -2.39. The van der Waals surface area contributed by atoms with Gasteiger partial charge in [0.2, 0.25) is 0 Å². The topological polar surface area (TPSA) is 83.8 Å². The highest BCUT2D eigenvalue weighted by atomic mass is 35.5. The van der Waals surface area contributed by atoms with Gasteiger partial charge < -0.3 is 0 Å². The lowest BCUT2D eigenvalue weighted by molar-refractivity contribution is -0.385. The van der Waals surface area contributed by atoms with Crippen molar-refractivity contribution in [2.75, 3.05) is 14.1 Å². The molecule has 0 aliphatic carbocycles. The van der Waals surface area contributed by atoms with E-state index >= 15 is 0 Å². The van der Waals surface area contributed by atoms with E-state index in [2.05, 4.69) is 0 Å². The Bertz CT molecular complexity index is 903. The van der Waals surface area contributed by atoms with Crippen LogP contribution in [0.3, 0.4) is 0 Å². The predicted molar refractivity (Wildman–Crippen MR) is 96.4 cm³/mol. The summed E-state index contributed by atoms with van der Waals surface area (Å²) in [6.45, 7) is -0.468. The minimum Gasteiger partial charge on any atom is -0.258 e. The maximum atomic E-state index is 13.9. The second-order valence-electron chi connectivity index (χ2n) is 5.61. The first-order valence-corrected chi connectivity index (χ1v) is 9.25. The van der Waals surface area contributed by atoms with Crippen LogP contribution in [-0.4, -0.2) is 36.0 Å². The van der Waals surface area contributed by atoms with Gasteiger partial charge in [-0.15, -0.1) is 0 Å². The van der Waals surface area contributed by atoms with E-state index in [9.17, 15) is 22.9 Å². The monoisotopic (exact) mass is 401 g/mol. The van der Waals surface area contributed by atoms with E-state index in [0.717, 1.165) is 8.61 Å². The van der Waals surface area contributed by atoms with Gasteiger partial charge in [0.1, 0.15) is 5.82 Å². The largest absolute Gasteiger partial charge is 0.282 e. The van der Waals surface area contributed by atoms with Crippen molar-refractivity contribution in [2.24, 2.45) is 0 Å². The van der Waals surface area contributed by atoms with E-state index in [4.69, 9.17) is 11.6 Å². The Morgan fingerprint density at radius 3 is 2.31 bits per heavy atom. The molecule has 0 aliphatic rings. The molecule has 0 spiro atoms. The molecule has 26 heavy (non-hydrogen) atoms. The van der Waals surface area contributed by atoms with Crippen LogP contribution in [0.4, 0.5) is 10.1 Å². The molecule has 10 heteroatoms. The van der Waals surface area contributed by atoms with Crippen molar-refractivity contribution >= 4 is 27.5 Å². The second kappa shape index (κ2) is 8.09. The summed E-state index contributed by atoms with van der Waals surface area (Å²) < 4.78 is 41.1. The van der Waals surface area contributed by atoms with Gasteiger partial charge in [0.15, 0.2) is 0 Å². The molecule has 2 aromatic rings. The van der Waals surface area contributed by atoms with E-state index in [-0.39, 0.29) is 34.9 Å². The molecule has 0 bridgehead atoms. The molecular formula is C16H17ClFN3O4S. The summed E-state index contributed by atoms with van der Waals surface area (Å²) in [6, 6.07) is 9.97. The maximum Gasteiger partial charge on any atom is 0.282 e. The minimum absolute atomic E-state index is 0.0549. The van der Waals surface area contributed by atoms with Crippen molar-refractivity contribution in [2.45, 2.75) is 13.1 Å². The van der Waals surface area contributed by atoms with Gasteiger partial charge in [-0.25, -0.2) is 4.39 Å². The van der Waals surface area contributed by atoms with Gasteiger partial charge in [0, 0.05) is 49.4 Å². The molecule has 2 rings (SSSR count). The number of nitro groups is 1. The zero-order chi connectivity index (χ0) is 19.5. The van der Waals surface area contributed by atoms with Crippen LogP contribution >= 0.6 is 11.6 Å². The molecule has 7 nitrogen and oxygen atoms in total. The molecule has 0 amide bonds. The average Bonchev–Trinajstić information content (AvgIpc) is 2.58. The van der Waals surface area contributed by atoms with Crippen molar-refractivity contribution in [3.8, 4) is 0 Å². The third-order valence-electron chi connectivity index (χ3n) is 3.81. The van der Waals surface area contributed by atoms with Crippen LogP contribution < -0.4 is 0 Å². The van der Waals surface area contributed by atoms with Crippen LogP contribution in [-0.2, 0) is 23.3 Å². The van der Waals surface area contributed by atoms with E-state index in [1.807, 2.05) is 0 Å². The summed E-state index contributed by atoms with van der Waals surface area (Å²) in [5, 5.41) is 11.2. The molecule has 140 valence electrons. The highest BCUT2D eigenvalue weighted by molar-refractivity contribution is 7.86. The van der Waals surface area contributed by atoms with Crippen molar-refractivity contribution in [1.82, 2.24) is 8.61 Å². The van der Waals surface area contributed by atoms with Gasteiger partial charge in [0.05, 0.1) is 4.92 Å². The van der Waals surface area contributed by atoms with Crippen LogP contribution in [0.2, 0.25) is 5.02 Å². The Labute approximate surface area is 155 Å². The molecule has 0 unspecified atom stereocenters. The summed E-state index contributed by atoms with van der Waals surface area (Å²) in [5.74, 6) is -0.610. The fourth-order valence-corrected chi connectivity index (χ4v) is 3.66. The van der Waals surface area contributed by atoms with E-state index in [1.54, 1.807) is 6.07 Å². The first kappa shape index (κ1) is 20.2. The summed E-state index contributed by atoms with van der Waals surface area (Å²) in [5.41, 5.74) is 0.134. The number of hydrogen-bond acceptors (Lipinski definition) is 4. The third kappa shape index (κ3) is 4.36. The van der Waals surface area contributed by atoms with Gasteiger partial charge in [-0.3, -0.25) is 10.1 Å². The smallest absolute Gasteiger partial charge is 0.258 e. The normalized spacial score (nSPS) is 11.9. The Morgan fingerprint density at radius 1 is 1.08 bits per heavy atom. The Balaban J connectivity index is 2.22. The third-order valence-corrected chi connectivity index (χ3v) is 6.00. The van der Waals surface area contributed by atoms with Gasteiger partial charge in [-0.2, -0.15) is 17.0 Å². The van der Waals surface area contributed by atoms with Crippen LogP contribution in [0.1, 0.15) is 11.1 Å². The fourth-order valence-electron chi connectivity index (χ4n) is 2.37. The van der Waals surface area contributed by atoms with E-state index in [0.29, 0.717) is 0 Å². The van der Waals surface area contributed by atoms with Crippen LogP contribution in [0.25, 0.3) is 0 Å². The SMILES string of the molecule is CN(Cc1ccccc1[N+](=O)[O-])S(=O)(=O)N(C)Cc1c(F)cccc1Cl. The van der Waals surface area contributed by atoms with Crippen LogP contribution in [0.15, 0.2) is 42.5 Å². The van der Waals surface area contributed by atoms with Gasteiger partial charge >= 0.3 is 0 Å². The van der Waals surface area contributed by atoms with Gasteiger partial charge in [-0.1, -0.05) is 35.9 Å². The summed E-state index contributed by atoms with van der Waals surface area (Å²) in [7, 11) is -1.41. The molecule has 0 fully saturated rings. The van der Waals surface area contributed by atoms with Crippen molar-refractivity contribution in [3.63, 3.8) is 0 Å². The molecule has 0 saturated heterocycles. The number of halogens is 2. The molecule has 0 radical (unpaired) electrons. The number of benzene rings is 2. The molecular weight excluding hydrogens is 385 g/mol. The van der Waals surface area contributed by atoms with Gasteiger partial charge in [-0.05, 0) is 12.1 Å². The predicted octanol–water partition coefficient (Wildman–Crippen LogP) is 3.20. The number of para-hydroxylation sites is 1. The fraction of sp³-hybridized carbons (Fsp3) is 0.250. The second-order valence-corrected chi connectivity index (χ2v) is 8.16. The molecule has 0 atom stereocenters. The number of rotatable bonds is 7. The maximum absolute atomic E-state index is 13.9. The zero-order valence-electron chi connectivity index (χ0n) is 14.1. The van der Waals surface area contributed by atoms with Crippen LogP contribution in [0, 0.1) is 15.9 Å². The first-order chi connectivity index (χ1) is 12.1. The number of nitrogens with zero attached hydrogens (tertiary/aromatic N) is 3. The zero-order valence-corrected chi connectivity index (χ0v) is 15.7. The van der Waals surface area contributed by atoms with Crippen LogP contribution in [0.5, 0.6) is 0 Å². The summed E-state index contributed by atoms with van der Waals surface area (Å²) in [4.78, 5) is 10.5. The molecule has 0 aromatic heterocycles. The highest BCUT2D eigenvalue weighted by Gasteiger charge is 2.27. The minimum atomic E-state index is -3.99. The van der Waals surface area contributed by atoms with Crippen molar-refractivity contribution < 1.29 is 17.7 Å². The highest BCUT2D eigenvalue weighted by Crippen LogP contribution is 2.24. The summed E-state index contributed by atoms with van der Waals surface area (Å²) in [6.07, 6.45) is 0. The molecule has 0 aliphatic heterocycles. The first-order valence-electron chi connectivity index (χ1n) is 7.47. The van der Waals surface area contributed by atoms with E-state index < -0.39 is 20.9 Å². The molecule has 0 saturated carbocycles. The lowest BCUT2D eigenvalue weighted by Gasteiger charge is -2.24. The Hall–Kier alpha value is -2.07. The molecule has 2 aromatic carbocycles. The molecule has 0 heterocycles. The number of hydrogen-bond donors (Lipinski definition) is 0. The van der Waals surface area contributed by atoms with Gasteiger partial charge in [0.25, 0.3) is 15.9 Å². The molecule has 0 N–H and O–H groups in total. The van der Waals surface area contributed by atoms with Crippen molar-refractivity contribution in [3.05, 3.63) is 74.5 Å². The summed E-state index contributed by atoms with van der Waals surface area (Å²) >= 11 is 5.94. The average molecular weight is 402 g/mol. The lowest BCUT2D eigenvalue weighted by atomic mass is 10.2. The Kier molecular flexibility index (Phi) is 6.30.